The maximum atomic E-state index is 4.39. The highest BCUT2D eigenvalue weighted by atomic mass is 15.3. The second-order valence-corrected chi connectivity index (χ2v) is 5.04. The van der Waals surface area contributed by atoms with E-state index in [-0.39, 0.29) is 0 Å². The summed E-state index contributed by atoms with van der Waals surface area (Å²) in [6.45, 7) is 3.84. The molecule has 0 aliphatic carbocycles. The number of benzene rings is 1. The second kappa shape index (κ2) is 5.77. The van der Waals surface area contributed by atoms with Crippen LogP contribution in [0.2, 0.25) is 0 Å². The van der Waals surface area contributed by atoms with Crippen molar-refractivity contribution < 1.29 is 0 Å². The molecule has 0 amide bonds. The van der Waals surface area contributed by atoms with Crippen LogP contribution in [0.5, 0.6) is 0 Å². The minimum atomic E-state index is 0.443. The average molecular weight is 269 g/mol. The molecule has 2 aromatic rings. The van der Waals surface area contributed by atoms with Crippen molar-refractivity contribution in [3.8, 4) is 5.69 Å². The number of nitrogens with one attached hydrogen (secondary N) is 2. The van der Waals surface area contributed by atoms with Crippen molar-refractivity contribution >= 4 is 5.96 Å². The van der Waals surface area contributed by atoms with Crippen LogP contribution in [0.15, 0.2) is 47.7 Å². The van der Waals surface area contributed by atoms with E-state index in [1.165, 1.54) is 5.56 Å². The van der Waals surface area contributed by atoms with E-state index in [2.05, 4.69) is 33.8 Å². The molecule has 2 heterocycles. The molecule has 104 valence electrons. The van der Waals surface area contributed by atoms with Gasteiger partial charge in [-0.2, -0.15) is 5.10 Å². The van der Waals surface area contributed by atoms with Crippen molar-refractivity contribution in [2.24, 2.45) is 4.99 Å². The molecular formula is C15H19N5. The van der Waals surface area contributed by atoms with E-state index in [0.717, 1.165) is 31.2 Å². The average Bonchev–Trinajstić information content (AvgIpc) is 3.09. The van der Waals surface area contributed by atoms with E-state index in [1.807, 2.05) is 41.2 Å². The lowest BCUT2D eigenvalue weighted by atomic mass is 10.2. The predicted octanol–water partition coefficient (Wildman–Crippen LogP) is 1.35. The highest BCUT2D eigenvalue weighted by molar-refractivity contribution is 5.81. The minimum Gasteiger partial charge on any atom is -0.356 e. The third kappa shape index (κ3) is 2.99. The third-order valence-corrected chi connectivity index (χ3v) is 3.27. The van der Waals surface area contributed by atoms with Gasteiger partial charge in [-0.1, -0.05) is 18.2 Å². The zero-order valence-electron chi connectivity index (χ0n) is 11.6. The number of rotatable bonds is 4. The van der Waals surface area contributed by atoms with Crippen LogP contribution in [-0.4, -0.2) is 34.9 Å². The smallest absolute Gasteiger partial charge is 0.191 e. The lowest BCUT2D eigenvalue weighted by Crippen LogP contribution is -2.38. The molecule has 0 fully saturated rings. The van der Waals surface area contributed by atoms with Gasteiger partial charge in [0.15, 0.2) is 5.96 Å². The molecule has 5 heteroatoms. The molecule has 0 saturated carbocycles. The molecule has 1 aromatic heterocycles. The Morgan fingerprint density at radius 3 is 2.95 bits per heavy atom. The summed E-state index contributed by atoms with van der Waals surface area (Å²) in [4.78, 5) is 4.37. The lowest BCUT2D eigenvalue weighted by molar-refractivity contribution is 0.712. The van der Waals surface area contributed by atoms with Crippen LogP contribution in [0.4, 0.5) is 0 Å². The Morgan fingerprint density at radius 1 is 1.35 bits per heavy atom. The van der Waals surface area contributed by atoms with Gasteiger partial charge in [-0.25, -0.2) is 4.68 Å². The fraction of sp³-hybridized carbons (Fsp3) is 0.333. The summed E-state index contributed by atoms with van der Waals surface area (Å²) < 4.78 is 1.91. The number of nitrogens with zero attached hydrogens (tertiary/aromatic N) is 3. The topological polar surface area (TPSA) is 54.2 Å². The standard InChI is InChI=1S/C15H19N5/c1-12-9-17-15(19-12)16-8-7-13-10-18-20(11-13)14-5-3-2-4-6-14/h2-6,10-12H,7-9H2,1H3,(H2,16,17,19). The minimum absolute atomic E-state index is 0.443. The van der Waals surface area contributed by atoms with Crippen LogP contribution in [0.25, 0.3) is 5.69 Å². The largest absolute Gasteiger partial charge is 0.356 e. The molecule has 5 nitrogen and oxygen atoms in total. The molecule has 1 unspecified atom stereocenters. The van der Waals surface area contributed by atoms with Gasteiger partial charge in [0, 0.05) is 18.8 Å². The van der Waals surface area contributed by atoms with Crippen LogP contribution in [0, 0.1) is 0 Å². The Labute approximate surface area is 118 Å². The Bertz CT molecular complexity index is 587. The Hall–Kier alpha value is -2.30. The van der Waals surface area contributed by atoms with Gasteiger partial charge in [0.25, 0.3) is 0 Å². The van der Waals surface area contributed by atoms with Crippen molar-refractivity contribution in [1.29, 1.82) is 0 Å². The van der Waals surface area contributed by atoms with Crippen LogP contribution in [0.3, 0.4) is 0 Å². The summed E-state index contributed by atoms with van der Waals surface area (Å²) >= 11 is 0. The van der Waals surface area contributed by atoms with Gasteiger partial charge in [-0.15, -0.1) is 0 Å². The van der Waals surface area contributed by atoms with E-state index in [4.69, 9.17) is 0 Å². The quantitative estimate of drug-likeness (QED) is 0.881. The monoisotopic (exact) mass is 269 g/mol. The van der Waals surface area contributed by atoms with Gasteiger partial charge >= 0.3 is 0 Å². The highest BCUT2D eigenvalue weighted by Gasteiger charge is 2.11. The highest BCUT2D eigenvalue weighted by Crippen LogP contribution is 2.07. The third-order valence-electron chi connectivity index (χ3n) is 3.27. The zero-order chi connectivity index (χ0) is 13.8. The molecule has 1 aliphatic rings. The van der Waals surface area contributed by atoms with Crippen LogP contribution < -0.4 is 10.6 Å². The Balaban J connectivity index is 1.53. The predicted molar refractivity (Wildman–Crippen MR) is 80.2 cm³/mol. The second-order valence-electron chi connectivity index (χ2n) is 5.04. The van der Waals surface area contributed by atoms with Crippen molar-refractivity contribution in [2.75, 3.05) is 13.1 Å². The number of aliphatic imine (C=N–C) groups is 1. The number of hydrogen-bond donors (Lipinski definition) is 2. The molecule has 0 saturated heterocycles. The molecule has 0 bridgehead atoms. The molecule has 3 rings (SSSR count). The van der Waals surface area contributed by atoms with Crippen LogP contribution >= 0.6 is 0 Å². The number of guanidine groups is 1. The maximum Gasteiger partial charge on any atom is 0.191 e. The Kier molecular flexibility index (Phi) is 3.67. The summed E-state index contributed by atoms with van der Waals surface area (Å²) in [5.41, 5.74) is 2.30. The first-order valence-electron chi connectivity index (χ1n) is 6.95. The van der Waals surface area contributed by atoms with Gasteiger partial charge < -0.3 is 10.6 Å². The van der Waals surface area contributed by atoms with E-state index in [0.29, 0.717) is 6.04 Å². The van der Waals surface area contributed by atoms with Crippen molar-refractivity contribution in [3.05, 3.63) is 48.3 Å². The summed E-state index contributed by atoms with van der Waals surface area (Å²) in [6, 6.07) is 10.6. The van der Waals surface area contributed by atoms with Gasteiger partial charge in [0.1, 0.15) is 0 Å². The first kappa shape index (κ1) is 12.7. The zero-order valence-corrected chi connectivity index (χ0v) is 11.6. The lowest BCUT2D eigenvalue weighted by Gasteiger charge is -2.07. The number of hydrogen-bond acceptors (Lipinski definition) is 4. The summed E-state index contributed by atoms with van der Waals surface area (Å²) in [6.07, 6.45) is 4.92. The van der Waals surface area contributed by atoms with Gasteiger partial charge in [0.05, 0.1) is 18.4 Å². The van der Waals surface area contributed by atoms with Crippen molar-refractivity contribution in [1.82, 2.24) is 20.4 Å². The molecule has 1 aromatic carbocycles. The van der Waals surface area contributed by atoms with Gasteiger partial charge in [-0.3, -0.25) is 4.99 Å². The van der Waals surface area contributed by atoms with Crippen molar-refractivity contribution in [3.63, 3.8) is 0 Å². The maximum absolute atomic E-state index is 4.39. The summed E-state index contributed by atoms with van der Waals surface area (Å²) in [5, 5.41) is 11.0. The van der Waals surface area contributed by atoms with E-state index >= 15 is 0 Å². The number of para-hydroxylation sites is 1. The van der Waals surface area contributed by atoms with E-state index < -0.39 is 0 Å². The fourth-order valence-corrected chi connectivity index (χ4v) is 2.20. The number of aromatic nitrogens is 2. The normalized spacial score (nSPS) is 17.6. The molecule has 2 N–H and O–H groups in total. The SMILES string of the molecule is CC1CN=C(NCCc2cnn(-c3ccccc3)c2)N1. The van der Waals surface area contributed by atoms with E-state index in [9.17, 15) is 0 Å². The van der Waals surface area contributed by atoms with Crippen LogP contribution in [0.1, 0.15) is 12.5 Å². The first-order chi connectivity index (χ1) is 9.81. The summed E-state index contributed by atoms with van der Waals surface area (Å²) in [5.74, 6) is 0.910. The van der Waals surface area contributed by atoms with Gasteiger partial charge in [-0.05, 0) is 31.0 Å². The van der Waals surface area contributed by atoms with Crippen molar-refractivity contribution in [2.45, 2.75) is 19.4 Å². The molecular weight excluding hydrogens is 250 g/mol. The van der Waals surface area contributed by atoms with Gasteiger partial charge in [0.2, 0.25) is 0 Å². The van der Waals surface area contributed by atoms with E-state index in [1.54, 1.807) is 0 Å². The molecule has 0 radical (unpaired) electrons. The van der Waals surface area contributed by atoms with Crippen LogP contribution in [-0.2, 0) is 6.42 Å². The molecule has 1 atom stereocenters. The first-order valence-corrected chi connectivity index (χ1v) is 6.95. The Morgan fingerprint density at radius 2 is 2.20 bits per heavy atom. The molecule has 20 heavy (non-hydrogen) atoms. The molecule has 1 aliphatic heterocycles. The molecule has 0 spiro atoms. The fourth-order valence-electron chi connectivity index (χ4n) is 2.20. The summed E-state index contributed by atoms with van der Waals surface area (Å²) in [7, 11) is 0.